The smallest absolute Gasteiger partial charge is 0.407 e. The van der Waals surface area contributed by atoms with Gasteiger partial charge in [-0.25, -0.2) is 9.78 Å². The van der Waals surface area contributed by atoms with Crippen LogP contribution in [0.4, 0.5) is 10.6 Å². The van der Waals surface area contributed by atoms with Crippen LogP contribution in [0.25, 0.3) is 0 Å². The average Bonchev–Trinajstić information content (AvgIpc) is 2.44. The average molecular weight is 198 g/mol. The number of rotatable bonds is 3. The number of nitrogens with two attached hydrogens (primary N) is 1. The van der Waals surface area contributed by atoms with E-state index in [1.165, 1.54) is 0 Å². The number of nitrogens with zero attached hydrogens (tertiary/aromatic N) is 2. The number of alkyl carbamates (subject to hydrolysis) is 1. The predicted molar refractivity (Wildman–Crippen MR) is 51.5 cm³/mol. The molecule has 78 valence electrons. The van der Waals surface area contributed by atoms with Crippen molar-refractivity contribution in [3.8, 4) is 0 Å². The molecule has 3 N–H and O–H groups in total. The lowest BCUT2D eigenvalue weighted by molar-refractivity contribution is 0.151. The Kier molecular flexibility index (Phi) is 3.33. The summed E-state index contributed by atoms with van der Waals surface area (Å²) in [5.74, 6) is 0.421. The summed E-state index contributed by atoms with van der Waals surface area (Å²) in [7, 11) is 1.81. The molecule has 1 heterocycles. The zero-order valence-corrected chi connectivity index (χ0v) is 8.28. The molecular formula is C8H14N4O2. The van der Waals surface area contributed by atoms with Crippen LogP contribution < -0.4 is 11.1 Å². The summed E-state index contributed by atoms with van der Waals surface area (Å²) in [5.41, 5.74) is 6.34. The first-order chi connectivity index (χ1) is 6.65. The monoisotopic (exact) mass is 198 g/mol. The van der Waals surface area contributed by atoms with Gasteiger partial charge in [-0.2, -0.15) is 0 Å². The van der Waals surface area contributed by atoms with E-state index in [1.807, 2.05) is 7.05 Å². The fourth-order valence-electron chi connectivity index (χ4n) is 1.03. The summed E-state index contributed by atoms with van der Waals surface area (Å²) in [6.07, 6.45) is 1.14. The van der Waals surface area contributed by atoms with Gasteiger partial charge in [0, 0.05) is 7.05 Å². The lowest BCUT2D eigenvalue weighted by atomic mass is 10.4. The molecule has 14 heavy (non-hydrogen) atoms. The number of amides is 1. The number of nitrogen functional groups attached to an aromatic ring is 1. The number of anilines is 1. The van der Waals surface area contributed by atoms with Crippen molar-refractivity contribution in [2.45, 2.75) is 13.5 Å². The number of carbonyl (C=O) groups is 1. The first kappa shape index (κ1) is 10.4. The van der Waals surface area contributed by atoms with Crippen molar-refractivity contribution in [1.82, 2.24) is 14.9 Å². The van der Waals surface area contributed by atoms with Gasteiger partial charge >= 0.3 is 6.09 Å². The number of hydrogen-bond acceptors (Lipinski definition) is 4. The van der Waals surface area contributed by atoms with Gasteiger partial charge < -0.3 is 20.4 Å². The summed E-state index contributed by atoms with van der Waals surface area (Å²) >= 11 is 0. The third kappa shape index (κ3) is 2.38. The lowest BCUT2D eigenvalue weighted by Gasteiger charge is -2.06. The van der Waals surface area contributed by atoms with Crippen molar-refractivity contribution in [2.24, 2.45) is 7.05 Å². The summed E-state index contributed by atoms with van der Waals surface area (Å²) in [4.78, 5) is 14.8. The summed E-state index contributed by atoms with van der Waals surface area (Å²) in [6.45, 7) is 2.42. The van der Waals surface area contributed by atoms with Crippen LogP contribution in [-0.4, -0.2) is 22.3 Å². The molecule has 0 aliphatic carbocycles. The van der Waals surface area contributed by atoms with Gasteiger partial charge in [-0.05, 0) is 6.92 Å². The van der Waals surface area contributed by atoms with E-state index >= 15 is 0 Å². The van der Waals surface area contributed by atoms with Gasteiger partial charge in [-0.3, -0.25) is 0 Å². The predicted octanol–water partition coefficient (Wildman–Crippen LogP) is 0.248. The Hall–Kier alpha value is -1.72. The van der Waals surface area contributed by atoms with E-state index in [9.17, 15) is 4.79 Å². The van der Waals surface area contributed by atoms with Crippen LogP contribution in [0.2, 0.25) is 0 Å². The van der Waals surface area contributed by atoms with Crippen LogP contribution >= 0.6 is 0 Å². The van der Waals surface area contributed by atoms with E-state index in [2.05, 4.69) is 10.3 Å². The zero-order chi connectivity index (χ0) is 10.6. The molecule has 1 aromatic rings. The summed E-state index contributed by atoms with van der Waals surface area (Å²) in [5, 5.41) is 2.57. The number of aromatic nitrogens is 2. The van der Waals surface area contributed by atoms with Crippen LogP contribution in [0, 0.1) is 0 Å². The second-order valence-electron chi connectivity index (χ2n) is 2.76. The molecule has 1 rings (SSSR count). The fraction of sp³-hybridized carbons (Fsp3) is 0.500. The number of carbonyl (C=O) groups excluding carboxylic acids is 1. The van der Waals surface area contributed by atoms with E-state index in [-0.39, 0.29) is 0 Å². The molecule has 0 aromatic carbocycles. The molecular weight excluding hydrogens is 184 g/mol. The van der Waals surface area contributed by atoms with Crippen molar-refractivity contribution >= 4 is 11.9 Å². The number of ether oxygens (including phenoxy) is 1. The van der Waals surface area contributed by atoms with Crippen molar-refractivity contribution in [3.05, 3.63) is 12.0 Å². The van der Waals surface area contributed by atoms with Crippen LogP contribution in [-0.2, 0) is 18.3 Å². The minimum Gasteiger partial charge on any atom is -0.450 e. The Bertz CT molecular complexity index is 302. The highest BCUT2D eigenvalue weighted by Gasteiger charge is 2.07. The highest BCUT2D eigenvalue weighted by molar-refractivity contribution is 5.67. The number of imidazole rings is 1. The van der Waals surface area contributed by atoms with E-state index in [0.29, 0.717) is 19.0 Å². The van der Waals surface area contributed by atoms with Gasteiger partial charge in [0.25, 0.3) is 0 Å². The first-order valence-electron chi connectivity index (χ1n) is 4.31. The number of aryl methyl sites for hydroxylation is 1. The minimum atomic E-state index is -0.451. The maximum absolute atomic E-state index is 11.0. The third-order valence-corrected chi connectivity index (χ3v) is 1.77. The molecule has 0 saturated heterocycles. The second kappa shape index (κ2) is 4.50. The van der Waals surface area contributed by atoms with Crippen LogP contribution in [0.3, 0.4) is 0 Å². The highest BCUT2D eigenvalue weighted by atomic mass is 16.5. The van der Waals surface area contributed by atoms with E-state index in [4.69, 9.17) is 10.5 Å². The van der Waals surface area contributed by atoms with E-state index < -0.39 is 6.09 Å². The highest BCUT2D eigenvalue weighted by Crippen LogP contribution is 2.06. The second-order valence-corrected chi connectivity index (χ2v) is 2.76. The lowest BCUT2D eigenvalue weighted by Crippen LogP contribution is -2.25. The van der Waals surface area contributed by atoms with Crippen molar-refractivity contribution in [3.63, 3.8) is 0 Å². The molecule has 0 spiro atoms. The molecule has 6 heteroatoms. The Morgan fingerprint density at radius 1 is 1.79 bits per heavy atom. The first-order valence-corrected chi connectivity index (χ1v) is 4.31. The quantitative estimate of drug-likeness (QED) is 0.729. The van der Waals surface area contributed by atoms with Crippen molar-refractivity contribution in [1.29, 1.82) is 0 Å². The van der Waals surface area contributed by atoms with Gasteiger partial charge in [0.2, 0.25) is 0 Å². The van der Waals surface area contributed by atoms with Gasteiger partial charge in [0.05, 0.1) is 25.2 Å². The molecule has 1 amide bonds. The topological polar surface area (TPSA) is 82.2 Å². The molecule has 0 bridgehead atoms. The molecule has 1 aromatic heterocycles. The Morgan fingerprint density at radius 2 is 2.50 bits per heavy atom. The Morgan fingerprint density at radius 3 is 3.00 bits per heavy atom. The van der Waals surface area contributed by atoms with Crippen LogP contribution in [0.5, 0.6) is 0 Å². The summed E-state index contributed by atoms with van der Waals surface area (Å²) < 4.78 is 6.45. The molecule has 0 aliphatic heterocycles. The van der Waals surface area contributed by atoms with Gasteiger partial charge in [0.1, 0.15) is 5.82 Å². The van der Waals surface area contributed by atoms with Crippen molar-refractivity contribution < 1.29 is 9.53 Å². The molecule has 0 unspecified atom stereocenters. The largest absolute Gasteiger partial charge is 0.450 e. The molecule has 0 radical (unpaired) electrons. The maximum Gasteiger partial charge on any atom is 0.407 e. The molecule has 0 fully saturated rings. The molecule has 0 saturated carbocycles. The van der Waals surface area contributed by atoms with Gasteiger partial charge in [0.15, 0.2) is 0 Å². The Labute approximate surface area is 82.1 Å². The van der Waals surface area contributed by atoms with E-state index in [0.717, 1.165) is 5.69 Å². The van der Waals surface area contributed by atoms with E-state index in [1.54, 1.807) is 17.8 Å². The van der Waals surface area contributed by atoms with Crippen molar-refractivity contribution in [2.75, 3.05) is 12.3 Å². The molecule has 0 atom stereocenters. The minimum absolute atomic E-state index is 0.321. The number of hydrogen-bond donors (Lipinski definition) is 2. The molecule has 6 nitrogen and oxygen atoms in total. The fourth-order valence-corrected chi connectivity index (χ4v) is 1.03. The maximum atomic E-state index is 11.0. The standard InChI is InChI=1S/C8H14N4O2/c1-3-14-8(13)10-4-6-7(9)11-5-12(6)2/h5H,3-4,9H2,1-2H3,(H,10,13). The van der Waals surface area contributed by atoms with Crippen LogP contribution in [0.1, 0.15) is 12.6 Å². The SMILES string of the molecule is CCOC(=O)NCc1c(N)ncn1C. The molecule has 0 aliphatic rings. The third-order valence-electron chi connectivity index (χ3n) is 1.77. The normalized spacial score (nSPS) is 9.86. The van der Waals surface area contributed by atoms with Crippen LogP contribution in [0.15, 0.2) is 6.33 Å². The number of nitrogens with one attached hydrogen (secondary N) is 1. The van der Waals surface area contributed by atoms with Gasteiger partial charge in [-0.1, -0.05) is 0 Å². The Balaban J connectivity index is 2.49. The summed E-state index contributed by atoms with van der Waals surface area (Å²) in [6, 6.07) is 0. The van der Waals surface area contributed by atoms with Gasteiger partial charge in [-0.15, -0.1) is 0 Å². The zero-order valence-electron chi connectivity index (χ0n) is 8.28.